The van der Waals surface area contributed by atoms with Crippen LogP contribution in [0.1, 0.15) is 53.6 Å². The maximum atomic E-state index is 14.9. The summed E-state index contributed by atoms with van der Waals surface area (Å²) >= 11 is 0. The molecule has 1 N–H and O–H groups in total. The topological polar surface area (TPSA) is 65.3 Å². The lowest BCUT2D eigenvalue weighted by atomic mass is 10.0. The van der Waals surface area contributed by atoms with Crippen LogP contribution < -0.4 is 14.8 Å². The van der Waals surface area contributed by atoms with Crippen LogP contribution in [0.2, 0.25) is 0 Å². The molecule has 0 atom stereocenters. The van der Waals surface area contributed by atoms with Crippen LogP contribution >= 0.6 is 0 Å². The van der Waals surface area contributed by atoms with Crippen LogP contribution in [0.25, 0.3) is 0 Å². The van der Waals surface area contributed by atoms with E-state index in [-0.39, 0.29) is 29.3 Å². The maximum absolute atomic E-state index is 14.9. The molecule has 26 heavy (non-hydrogen) atoms. The summed E-state index contributed by atoms with van der Waals surface area (Å²) in [5, 5.41) is 15.1. The molecule has 2 rings (SSSR count). The van der Waals surface area contributed by atoms with Crippen LogP contribution in [-0.2, 0) is 12.8 Å². The Hall–Kier alpha value is -2.63. The second-order valence-corrected chi connectivity index (χ2v) is 6.03. The van der Waals surface area contributed by atoms with Gasteiger partial charge in [-0.05, 0) is 30.9 Å². The average molecular weight is 360 g/mol. The summed E-state index contributed by atoms with van der Waals surface area (Å²) in [6.07, 6.45) is 1.45. The molecule has 1 aromatic carbocycles. The number of rotatable bonds is 6. The van der Waals surface area contributed by atoms with E-state index in [1.54, 1.807) is 6.92 Å². The largest absolute Gasteiger partial charge is 0.618 e. The van der Waals surface area contributed by atoms with Gasteiger partial charge in [-0.3, -0.25) is 4.79 Å². The lowest BCUT2D eigenvalue weighted by molar-refractivity contribution is -0.619. The number of nitrogens with zero attached hydrogens (tertiary/aromatic N) is 1. The second kappa shape index (κ2) is 8.17. The van der Waals surface area contributed by atoms with Crippen molar-refractivity contribution in [1.29, 1.82) is 0 Å². The first-order valence-corrected chi connectivity index (χ1v) is 8.84. The second-order valence-electron chi connectivity index (χ2n) is 6.03. The minimum Gasteiger partial charge on any atom is -0.618 e. The van der Waals surface area contributed by atoms with Crippen molar-refractivity contribution in [2.75, 3.05) is 11.9 Å². The molecule has 0 saturated carbocycles. The van der Waals surface area contributed by atoms with Gasteiger partial charge in [0, 0.05) is 19.5 Å². The van der Waals surface area contributed by atoms with Gasteiger partial charge in [-0.1, -0.05) is 32.0 Å². The van der Waals surface area contributed by atoms with Gasteiger partial charge in [0.25, 0.3) is 5.91 Å². The SMILES string of the molecule is CCOc1c(F)c(C(=O)Nc2c(CC)cccc2CC)c(C)[n+]([O-])c1C. The zero-order chi connectivity index (χ0) is 19.4. The summed E-state index contributed by atoms with van der Waals surface area (Å²) in [7, 11) is 0. The highest BCUT2D eigenvalue weighted by Gasteiger charge is 2.30. The van der Waals surface area contributed by atoms with Crippen molar-refractivity contribution in [1.82, 2.24) is 0 Å². The number of carbonyl (C=O) groups is 1. The van der Waals surface area contributed by atoms with Crippen LogP contribution in [0.15, 0.2) is 18.2 Å². The fourth-order valence-corrected chi connectivity index (χ4v) is 3.03. The highest BCUT2D eigenvalue weighted by Crippen LogP contribution is 2.28. The Bertz CT molecular complexity index is 812. The number of hydrogen-bond donors (Lipinski definition) is 1. The van der Waals surface area contributed by atoms with Gasteiger partial charge in [0.1, 0.15) is 5.56 Å². The van der Waals surface area contributed by atoms with Crippen molar-refractivity contribution in [3.8, 4) is 5.75 Å². The molecule has 2 aromatic rings. The summed E-state index contributed by atoms with van der Waals surface area (Å²) in [5.41, 5.74) is 2.42. The molecule has 0 bridgehead atoms. The summed E-state index contributed by atoms with van der Waals surface area (Å²) in [4.78, 5) is 12.9. The van der Waals surface area contributed by atoms with Crippen LogP contribution in [0, 0.1) is 24.9 Å². The molecule has 5 nitrogen and oxygen atoms in total. The van der Waals surface area contributed by atoms with E-state index in [1.807, 2.05) is 32.0 Å². The van der Waals surface area contributed by atoms with E-state index in [0.717, 1.165) is 24.0 Å². The van der Waals surface area contributed by atoms with E-state index in [2.05, 4.69) is 5.32 Å². The maximum Gasteiger partial charge on any atom is 0.265 e. The first-order valence-electron chi connectivity index (χ1n) is 8.84. The number of aryl methyl sites for hydroxylation is 2. The molecule has 0 radical (unpaired) electrons. The van der Waals surface area contributed by atoms with E-state index in [9.17, 15) is 14.4 Å². The van der Waals surface area contributed by atoms with E-state index in [1.165, 1.54) is 13.8 Å². The fraction of sp³-hybridized carbons (Fsp3) is 0.400. The van der Waals surface area contributed by atoms with E-state index in [0.29, 0.717) is 10.4 Å². The van der Waals surface area contributed by atoms with E-state index < -0.39 is 11.7 Å². The Morgan fingerprint density at radius 3 is 2.23 bits per heavy atom. The van der Waals surface area contributed by atoms with E-state index >= 15 is 0 Å². The number of carbonyl (C=O) groups excluding carboxylic acids is 1. The van der Waals surface area contributed by atoms with Crippen LogP contribution in [0.3, 0.4) is 0 Å². The summed E-state index contributed by atoms with van der Waals surface area (Å²) in [6.45, 7) is 8.76. The minimum absolute atomic E-state index is 0.00739. The number of anilines is 1. The van der Waals surface area contributed by atoms with Gasteiger partial charge in [-0.2, -0.15) is 4.73 Å². The zero-order valence-corrected chi connectivity index (χ0v) is 15.9. The average Bonchev–Trinajstić information content (AvgIpc) is 2.63. The fourth-order valence-electron chi connectivity index (χ4n) is 3.03. The molecule has 6 heteroatoms. The van der Waals surface area contributed by atoms with Crippen molar-refractivity contribution in [2.24, 2.45) is 0 Å². The number of halogens is 1. The van der Waals surface area contributed by atoms with Crippen molar-refractivity contribution < 1.29 is 18.7 Å². The van der Waals surface area contributed by atoms with Crippen molar-refractivity contribution in [2.45, 2.75) is 47.5 Å². The number of benzene rings is 1. The first kappa shape index (κ1) is 19.7. The molecule has 0 aliphatic rings. The van der Waals surface area contributed by atoms with Gasteiger partial charge in [0.05, 0.1) is 6.61 Å². The summed E-state index contributed by atoms with van der Waals surface area (Å²) in [5.74, 6) is -1.64. The normalized spacial score (nSPS) is 10.7. The highest BCUT2D eigenvalue weighted by atomic mass is 19.1. The molecule has 1 amide bonds. The number of para-hydroxylation sites is 1. The quantitative estimate of drug-likeness (QED) is 0.628. The molecule has 0 fully saturated rings. The molecule has 1 heterocycles. The van der Waals surface area contributed by atoms with Gasteiger partial charge in [0.2, 0.25) is 17.1 Å². The third-order valence-corrected chi connectivity index (χ3v) is 4.47. The van der Waals surface area contributed by atoms with Crippen LogP contribution in [0.5, 0.6) is 5.75 Å². The molecule has 0 aliphatic heterocycles. The number of hydrogen-bond acceptors (Lipinski definition) is 3. The number of nitrogens with one attached hydrogen (secondary N) is 1. The zero-order valence-electron chi connectivity index (χ0n) is 15.9. The van der Waals surface area contributed by atoms with Gasteiger partial charge in [-0.25, -0.2) is 4.39 Å². The minimum atomic E-state index is -0.807. The number of ether oxygens (including phenoxy) is 1. The standard InChI is InChI=1S/C20H25FN2O3/c1-6-14-10-9-11-15(7-2)18(14)22-20(24)16-12(4)23(25)13(5)19(17(16)21)26-8-3/h9-11H,6-8H2,1-5H3,(H,22,24). The molecular formula is C20H25FN2O3. The van der Waals surface area contributed by atoms with Gasteiger partial charge in [-0.15, -0.1) is 0 Å². The van der Waals surface area contributed by atoms with Crippen molar-refractivity contribution >= 4 is 11.6 Å². The Balaban J connectivity index is 2.55. The molecular weight excluding hydrogens is 335 g/mol. The predicted octanol–water partition coefficient (Wildman–Crippen LogP) is 3.85. The Morgan fingerprint density at radius 2 is 1.73 bits per heavy atom. The van der Waals surface area contributed by atoms with E-state index in [4.69, 9.17) is 4.74 Å². The molecule has 140 valence electrons. The Morgan fingerprint density at radius 1 is 1.15 bits per heavy atom. The first-order chi connectivity index (χ1) is 12.4. The molecule has 0 spiro atoms. The molecule has 0 saturated heterocycles. The predicted molar refractivity (Wildman–Crippen MR) is 99.2 cm³/mol. The van der Waals surface area contributed by atoms with Gasteiger partial charge in [0.15, 0.2) is 5.82 Å². The third kappa shape index (κ3) is 3.49. The molecule has 1 aromatic heterocycles. The lowest BCUT2D eigenvalue weighted by Gasteiger charge is -2.17. The summed E-state index contributed by atoms with van der Waals surface area (Å²) in [6, 6.07) is 5.78. The highest BCUT2D eigenvalue weighted by molar-refractivity contribution is 6.06. The number of amides is 1. The van der Waals surface area contributed by atoms with Crippen molar-refractivity contribution in [3.05, 3.63) is 57.3 Å². The van der Waals surface area contributed by atoms with Crippen LogP contribution in [0.4, 0.5) is 10.1 Å². The number of pyridine rings is 1. The van der Waals surface area contributed by atoms with Gasteiger partial charge < -0.3 is 15.3 Å². The van der Waals surface area contributed by atoms with Gasteiger partial charge >= 0.3 is 0 Å². The monoisotopic (exact) mass is 360 g/mol. The Labute approximate surface area is 153 Å². The summed E-state index contributed by atoms with van der Waals surface area (Å²) < 4.78 is 20.7. The number of aromatic nitrogens is 1. The smallest absolute Gasteiger partial charge is 0.265 e. The van der Waals surface area contributed by atoms with Crippen molar-refractivity contribution in [3.63, 3.8) is 0 Å². The molecule has 0 aliphatic carbocycles. The van der Waals surface area contributed by atoms with Crippen LogP contribution in [-0.4, -0.2) is 12.5 Å². The molecule has 0 unspecified atom stereocenters. The lowest BCUT2D eigenvalue weighted by Crippen LogP contribution is -2.38. The third-order valence-electron chi connectivity index (χ3n) is 4.47. The Kier molecular flexibility index (Phi) is 6.18.